The van der Waals surface area contributed by atoms with E-state index in [9.17, 15) is 14.7 Å². The largest absolute Gasteiger partial charge is 0.392 e. The number of aromatic nitrogens is 1. The SMILES string of the molecule is CC(C(=O)NC1CC1)C1CCC2(C)Cc3sc(NC(=O)c4ccc(CN5CCN(C)CC5)cc4)nc3C(C)C2C1O. The Morgan fingerprint density at radius 2 is 1.85 bits per heavy atom. The van der Waals surface area contributed by atoms with Crippen LogP contribution in [0.1, 0.15) is 78.9 Å². The van der Waals surface area contributed by atoms with Crippen LogP contribution >= 0.6 is 11.3 Å². The molecule has 222 valence electrons. The zero-order valence-corrected chi connectivity index (χ0v) is 25.7. The topological polar surface area (TPSA) is 97.8 Å². The number of likely N-dealkylation sites (N-methyl/N-ethyl adjacent to an activating group) is 1. The van der Waals surface area contributed by atoms with Crippen LogP contribution in [0.15, 0.2) is 24.3 Å². The molecule has 1 aliphatic heterocycles. The Hall–Kier alpha value is -2.33. The highest BCUT2D eigenvalue weighted by Gasteiger charge is 2.54. The molecule has 1 aromatic heterocycles. The van der Waals surface area contributed by atoms with Crippen LogP contribution in [0.25, 0.3) is 0 Å². The summed E-state index contributed by atoms with van der Waals surface area (Å²) < 4.78 is 0. The van der Waals surface area contributed by atoms with Gasteiger partial charge >= 0.3 is 0 Å². The number of piperazine rings is 1. The average Bonchev–Trinajstić information content (AvgIpc) is 3.67. The quantitative estimate of drug-likeness (QED) is 0.457. The first-order valence-corrected chi connectivity index (χ1v) is 16.2. The number of carbonyl (C=O) groups is 2. The predicted molar refractivity (Wildman–Crippen MR) is 162 cm³/mol. The molecule has 0 radical (unpaired) electrons. The van der Waals surface area contributed by atoms with Gasteiger partial charge in [0, 0.05) is 61.0 Å². The van der Waals surface area contributed by atoms with E-state index in [2.05, 4.69) is 53.5 Å². The Bertz CT molecular complexity index is 1270. The summed E-state index contributed by atoms with van der Waals surface area (Å²) in [5.41, 5.74) is 2.79. The van der Waals surface area contributed by atoms with E-state index in [1.165, 1.54) is 10.4 Å². The minimum absolute atomic E-state index is 0.0309. The molecule has 8 nitrogen and oxygen atoms in total. The van der Waals surface area contributed by atoms with Crippen molar-refractivity contribution >= 4 is 28.3 Å². The van der Waals surface area contributed by atoms with Crippen LogP contribution in [0.3, 0.4) is 0 Å². The summed E-state index contributed by atoms with van der Waals surface area (Å²) in [4.78, 5) is 36.9. The van der Waals surface area contributed by atoms with Gasteiger partial charge in [0.25, 0.3) is 5.91 Å². The molecule has 3 fully saturated rings. The molecule has 1 saturated heterocycles. The van der Waals surface area contributed by atoms with Gasteiger partial charge in [-0.25, -0.2) is 4.98 Å². The molecule has 9 heteroatoms. The number of rotatable bonds is 7. The molecule has 0 bridgehead atoms. The zero-order valence-electron chi connectivity index (χ0n) is 24.9. The van der Waals surface area contributed by atoms with E-state index in [1.54, 1.807) is 11.3 Å². The van der Waals surface area contributed by atoms with Gasteiger partial charge in [-0.05, 0) is 74.1 Å². The van der Waals surface area contributed by atoms with Crippen LogP contribution in [-0.2, 0) is 17.8 Å². The van der Waals surface area contributed by atoms with Crippen LogP contribution < -0.4 is 10.6 Å². The molecule has 4 aliphatic rings. The summed E-state index contributed by atoms with van der Waals surface area (Å²) >= 11 is 1.57. The van der Waals surface area contributed by atoms with Gasteiger partial charge in [0.05, 0.1) is 11.8 Å². The van der Waals surface area contributed by atoms with Crippen molar-refractivity contribution < 1.29 is 14.7 Å². The summed E-state index contributed by atoms with van der Waals surface area (Å²) in [7, 11) is 2.16. The Morgan fingerprint density at radius 3 is 2.54 bits per heavy atom. The van der Waals surface area contributed by atoms with Crippen LogP contribution in [0, 0.1) is 23.2 Å². The first-order chi connectivity index (χ1) is 19.6. The van der Waals surface area contributed by atoms with Crippen LogP contribution in [0.2, 0.25) is 0 Å². The van der Waals surface area contributed by atoms with Crippen molar-refractivity contribution in [1.82, 2.24) is 20.1 Å². The lowest BCUT2D eigenvalue weighted by atomic mass is 9.53. The number of thiazole rings is 1. The van der Waals surface area contributed by atoms with E-state index in [0.717, 1.165) is 70.5 Å². The number of hydrogen-bond donors (Lipinski definition) is 3. The third-order valence-corrected chi connectivity index (χ3v) is 11.3. The summed E-state index contributed by atoms with van der Waals surface area (Å²) in [5.74, 6) is -0.237. The molecule has 3 N–H and O–H groups in total. The number of nitrogens with zero attached hydrogens (tertiary/aromatic N) is 3. The van der Waals surface area contributed by atoms with Gasteiger partial charge in [-0.15, -0.1) is 11.3 Å². The first kappa shape index (κ1) is 28.8. The molecule has 41 heavy (non-hydrogen) atoms. The van der Waals surface area contributed by atoms with Gasteiger partial charge in [0.15, 0.2) is 5.13 Å². The second-order valence-electron chi connectivity index (χ2n) is 13.5. The van der Waals surface area contributed by atoms with E-state index in [4.69, 9.17) is 4.98 Å². The Balaban J connectivity index is 1.11. The van der Waals surface area contributed by atoms with Gasteiger partial charge in [-0.1, -0.05) is 32.9 Å². The molecule has 6 atom stereocenters. The number of hydrogen-bond acceptors (Lipinski definition) is 7. The van der Waals surface area contributed by atoms with Crippen molar-refractivity contribution in [2.75, 3.05) is 38.5 Å². The minimum Gasteiger partial charge on any atom is -0.392 e. The van der Waals surface area contributed by atoms with Gasteiger partial charge < -0.3 is 15.3 Å². The lowest BCUT2D eigenvalue weighted by molar-refractivity contribution is -0.134. The van der Waals surface area contributed by atoms with E-state index in [-0.39, 0.29) is 40.9 Å². The molecule has 0 spiro atoms. The highest BCUT2D eigenvalue weighted by atomic mass is 32.1. The first-order valence-electron chi connectivity index (χ1n) is 15.4. The van der Waals surface area contributed by atoms with E-state index >= 15 is 0 Å². The highest BCUT2D eigenvalue weighted by molar-refractivity contribution is 7.15. The fourth-order valence-corrected chi connectivity index (χ4v) is 8.81. The smallest absolute Gasteiger partial charge is 0.257 e. The summed E-state index contributed by atoms with van der Waals surface area (Å²) in [6, 6.07) is 8.25. The van der Waals surface area contributed by atoms with Crippen LogP contribution in [-0.4, -0.2) is 77.1 Å². The van der Waals surface area contributed by atoms with Crippen LogP contribution in [0.4, 0.5) is 5.13 Å². The Labute approximate surface area is 247 Å². The number of carbonyl (C=O) groups excluding carboxylic acids is 2. The maximum absolute atomic E-state index is 13.1. The number of aliphatic hydroxyl groups is 1. The minimum atomic E-state index is -0.555. The van der Waals surface area contributed by atoms with Gasteiger partial charge in [-0.2, -0.15) is 0 Å². The number of nitrogens with one attached hydrogen (secondary N) is 2. The number of benzene rings is 1. The predicted octanol–water partition coefficient (Wildman–Crippen LogP) is 4.11. The average molecular weight is 580 g/mol. The summed E-state index contributed by atoms with van der Waals surface area (Å²) in [5, 5.41) is 18.5. The van der Waals surface area contributed by atoms with Crippen molar-refractivity contribution in [3.63, 3.8) is 0 Å². The van der Waals surface area contributed by atoms with E-state index < -0.39 is 6.10 Å². The molecular formula is C32H45N5O3S. The molecule has 6 rings (SSSR count). The second kappa shape index (κ2) is 11.4. The molecule has 6 unspecified atom stereocenters. The fourth-order valence-electron chi connectivity index (χ4n) is 7.55. The molecule has 2 amide bonds. The van der Waals surface area contributed by atoms with Gasteiger partial charge in [-0.3, -0.25) is 19.8 Å². The molecule has 3 aliphatic carbocycles. The summed E-state index contributed by atoms with van der Waals surface area (Å²) in [6.45, 7) is 11.6. The number of amides is 2. The lowest BCUT2D eigenvalue weighted by Crippen LogP contribution is -2.53. The number of fused-ring (bicyclic) bond motifs is 2. The van der Waals surface area contributed by atoms with Crippen molar-refractivity contribution in [3.05, 3.63) is 46.0 Å². The third kappa shape index (κ3) is 5.96. The zero-order chi connectivity index (χ0) is 28.9. The summed E-state index contributed by atoms with van der Waals surface area (Å²) in [6.07, 6.45) is 4.25. The number of aliphatic hydroxyl groups excluding tert-OH is 1. The molecule has 2 aromatic rings. The maximum Gasteiger partial charge on any atom is 0.257 e. The Morgan fingerprint density at radius 1 is 1.15 bits per heavy atom. The van der Waals surface area contributed by atoms with Crippen molar-refractivity contribution in [3.8, 4) is 0 Å². The van der Waals surface area contributed by atoms with Crippen molar-refractivity contribution in [2.24, 2.45) is 23.2 Å². The third-order valence-electron chi connectivity index (χ3n) is 10.3. The normalized spacial score (nSPS) is 31.1. The number of anilines is 1. The monoisotopic (exact) mass is 579 g/mol. The van der Waals surface area contributed by atoms with Crippen molar-refractivity contribution in [2.45, 2.75) is 77.5 Å². The highest BCUT2D eigenvalue weighted by Crippen LogP contribution is 2.57. The lowest BCUT2D eigenvalue weighted by Gasteiger charge is -2.53. The van der Waals surface area contributed by atoms with Gasteiger partial charge in [0.2, 0.25) is 5.91 Å². The second-order valence-corrected chi connectivity index (χ2v) is 14.6. The standard InChI is InChI=1S/C32H45N5O3S/c1-19(29(39)33-23-9-10-23)24-11-12-32(3)17-25-27(20(2)26(32)28(24)38)34-31(41-25)35-30(40)22-7-5-21(6-8-22)18-37-15-13-36(4)14-16-37/h5-8,19-20,23-24,26,28,38H,9-18H2,1-4H3,(H,33,39)(H,34,35,40). The van der Waals surface area contributed by atoms with Gasteiger partial charge in [0.1, 0.15) is 0 Å². The molecular weight excluding hydrogens is 534 g/mol. The van der Waals surface area contributed by atoms with Crippen LogP contribution in [0.5, 0.6) is 0 Å². The van der Waals surface area contributed by atoms with E-state index in [0.29, 0.717) is 16.7 Å². The molecule has 2 saturated carbocycles. The maximum atomic E-state index is 13.1. The van der Waals surface area contributed by atoms with E-state index in [1.807, 2.05) is 19.1 Å². The fraction of sp³-hybridized carbons (Fsp3) is 0.656. The molecule has 1 aromatic carbocycles. The van der Waals surface area contributed by atoms with Crippen molar-refractivity contribution in [1.29, 1.82) is 0 Å². The Kier molecular flexibility index (Phi) is 8.00. The molecule has 2 heterocycles.